The third kappa shape index (κ3) is 1.70. The van der Waals surface area contributed by atoms with Gasteiger partial charge in [0.2, 0.25) is 0 Å². The second-order valence-corrected chi connectivity index (χ2v) is 1.11. The second kappa shape index (κ2) is 3.40. The molecule has 10 heavy (non-hydrogen) atoms. The summed E-state index contributed by atoms with van der Waals surface area (Å²) < 4.78 is 0. The largest absolute Gasteiger partial charge is 0.739 e. The molecule has 0 saturated carbocycles. The summed E-state index contributed by atoms with van der Waals surface area (Å²) in [5.74, 6) is 0. The molecule has 0 saturated heterocycles. The molecule has 0 aliphatic carbocycles. The Morgan fingerprint density at radius 1 is 1.10 bits per heavy atom. The van der Waals surface area contributed by atoms with Gasteiger partial charge < -0.3 is 20.8 Å². The van der Waals surface area contributed by atoms with Gasteiger partial charge >= 0.3 is 6.35 Å². The molecule has 0 fully saturated rings. The molecule has 0 aliphatic heterocycles. The fourth-order valence-electron chi connectivity index (χ4n) is 0.169. The minimum absolute atomic E-state index is 0.908. The molecule has 58 valence electrons. The molecule has 0 spiro atoms. The third-order valence-electron chi connectivity index (χ3n) is 0.556. The molecule has 0 aliphatic rings. The molecule has 1 N–H and O–H groups in total. The molecule has 0 bridgehead atoms. The minimum atomic E-state index is -2.50. The lowest BCUT2D eigenvalue weighted by Crippen LogP contribution is -2.28. The van der Waals surface area contributed by atoms with E-state index >= 15 is 0 Å². The van der Waals surface area contributed by atoms with Crippen LogP contribution >= 0.6 is 0 Å². The van der Waals surface area contributed by atoms with E-state index in [1.807, 2.05) is 0 Å². The number of hydrogen-bond donors (Lipinski definition) is 1. The lowest BCUT2D eigenvalue weighted by Gasteiger charge is -2.06. The molecule has 0 aromatic carbocycles. The summed E-state index contributed by atoms with van der Waals surface area (Å²) in [6.07, 6.45) is -2.50. The molecular formula is CH2N4O5-2. The Hall–Kier alpha value is -1.64. The van der Waals surface area contributed by atoms with Crippen LogP contribution in [0.2, 0.25) is 0 Å². The highest BCUT2D eigenvalue weighted by molar-refractivity contribution is 4.19. The van der Waals surface area contributed by atoms with Gasteiger partial charge in [-0.05, 0) is 10.6 Å². The summed E-state index contributed by atoms with van der Waals surface area (Å²) in [7, 11) is 0. The molecule has 9 nitrogen and oxygen atoms in total. The molecule has 0 atom stereocenters. The Balaban J connectivity index is 4.22. The lowest BCUT2D eigenvalue weighted by atomic mass is 11.0. The van der Waals surface area contributed by atoms with E-state index in [2.05, 4.69) is 0 Å². The van der Waals surface area contributed by atoms with Crippen molar-refractivity contribution in [1.82, 2.24) is 0 Å². The quantitative estimate of drug-likeness (QED) is 0.236. The molecule has 0 radical (unpaired) electrons. The minimum Gasteiger partial charge on any atom is -0.739 e. The van der Waals surface area contributed by atoms with Gasteiger partial charge in [0, 0.05) is 9.72 Å². The summed E-state index contributed by atoms with van der Waals surface area (Å²) >= 11 is 0. The van der Waals surface area contributed by atoms with Gasteiger partial charge in [-0.1, -0.05) is 0 Å². The van der Waals surface area contributed by atoms with Crippen LogP contribution in [0.1, 0.15) is 0 Å². The van der Waals surface area contributed by atoms with Gasteiger partial charge in [-0.15, -0.1) is 0 Å². The first kappa shape index (κ1) is 8.36. The van der Waals surface area contributed by atoms with Crippen molar-refractivity contribution < 1.29 is 14.8 Å². The molecule has 0 amide bonds. The van der Waals surface area contributed by atoms with E-state index in [0.29, 0.717) is 0 Å². The average Bonchev–Trinajstić information content (AvgIpc) is 2.00. The van der Waals surface area contributed by atoms with Crippen molar-refractivity contribution in [2.24, 2.45) is 10.6 Å². The Morgan fingerprint density at radius 3 is 1.60 bits per heavy atom. The summed E-state index contributed by atoms with van der Waals surface area (Å²) in [6.45, 7) is 0. The molecule has 0 aromatic heterocycles. The third-order valence-corrected chi connectivity index (χ3v) is 0.556. The van der Waals surface area contributed by atoms with E-state index in [1.165, 1.54) is 0 Å². The molecule has 0 unspecified atom stereocenters. The van der Waals surface area contributed by atoms with Gasteiger partial charge in [-0.25, -0.2) is 0 Å². The SMILES string of the molecule is [O-]/N=[N+](\[O-])C(O)/[N+]([O-])=N/[O-]. The monoisotopic (exact) mass is 150 g/mol. The highest BCUT2D eigenvalue weighted by atomic mass is 16.7. The Morgan fingerprint density at radius 2 is 1.40 bits per heavy atom. The Bertz CT molecular complexity index is 145. The maximum Gasteiger partial charge on any atom is 0.529 e. The summed E-state index contributed by atoms with van der Waals surface area (Å²) in [6, 6.07) is 0. The van der Waals surface area contributed by atoms with Gasteiger partial charge in [0.25, 0.3) is 0 Å². The lowest BCUT2D eigenvalue weighted by molar-refractivity contribution is -0.822. The number of hydrogen-bond acceptors (Lipinski definition) is 7. The second-order valence-electron chi connectivity index (χ2n) is 1.11. The maximum atomic E-state index is 9.86. The van der Waals surface area contributed by atoms with Crippen molar-refractivity contribution >= 4 is 0 Å². The first-order valence-corrected chi connectivity index (χ1v) is 1.90. The van der Waals surface area contributed by atoms with Crippen LogP contribution in [0.25, 0.3) is 0 Å². The fraction of sp³-hybridized carbons (Fsp3) is 1.00. The standard InChI is InChI=1S/CH4N4O5/c6-1(4(9)2-7)5(10)3-8/h1,6-8H/p-2/b4-2-,5-3-. The number of aliphatic hydroxyl groups excluding tert-OH is 1. The van der Waals surface area contributed by atoms with Crippen LogP contribution < -0.4 is 0 Å². The van der Waals surface area contributed by atoms with E-state index in [-0.39, 0.29) is 0 Å². The van der Waals surface area contributed by atoms with Crippen molar-refractivity contribution in [3.63, 3.8) is 0 Å². The summed E-state index contributed by atoms with van der Waals surface area (Å²) in [5.41, 5.74) is 0. The molecule has 0 aromatic rings. The topological polar surface area (TPSA) is 143 Å². The first-order valence-electron chi connectivity index (χ1n) is 1.90. The number of rotatable bonds is 2. The Kier molecular flexibility index (Phi) is 2.84. The summed E-state index contributed by atoms with van der Waals surface area (Å²) in [5, 5.41) is 49.7. The molecule has 0 heterocycles. The van der Waals surface area contributed by atoms with Crippen molar-refractivity contribution in [3.8, 4) is 0 Å². The maximum absolute atomic E-state index is 9.86. The Labute approximate surface area is 53.8 Å². The number of aliphatic hydroxyl groups is 1. The first-order chi connectivity index (χ1) is 4.63. The fourth-order valence-corrected chi connectivity index (χ4v) is 0.169. The van der Waals surface area contributed by atoms with E-state index < -0.39 is 16.1 Å². The molecular weight excluding hydrogens is 148 g/mol. The van der Waals surface area contributed by atoms with Crippen LogP contribution in [0.15, 0.2) is 10.6 Å². The van der Waals surface area contributed by atoms with Crippen molar-refractivity contribution in [2.45, 2.75) is 6.35 Å². The van der Waals surface area contributed by atoms with Crippen LogP contribution in [0.5, 0.6) is 0 Å². The van der Waals surface area contributed by atoms with E-state index in [9.17, 15) is 20.8 Å². The zero-order valence-corrected chi connectivity index (χ0v) is 4.45. The van der Waals surface area contributed by atoms with E-state index in [4.69, 9.17) is 5.11 Å². The van der Waals surface area contributed by atoms with Crippen molar-refractivity contribution in [3.05, 3.63) is 20.8 Å². The van der Waals surface area contributed by atoms with Gasteiger partial charge in [0.05, 0.1) is 0 Å². The highest BCUT2D eigenvalue weighted by Gasteiger charge is 2.20. The zero-order chi connectivity index (χ0) is 8.15. The number of hydroxylamine groups is 2. The summed E-state index contributed by atoms with van der Waals surface area (Å²) in [4.78, 5) is -1.82. The molecule has 0 rings (SSSR count). The van der Waals surface area contributed by atoms with Crippen molar-refractivity contribution in [1.29, 1.82) is 0 Å². The smallest absolute Gasteiger partial charge is 0.529 e. The van der Waals surface area contributed by atoms with Crippen LogP contribution in [-0.4, -0.2) is 21.2 Å². The van der Waals surface area contributed by atoms with E-state index in [1.54, 1.807) is 10.6 Å². The van der Waals surface area contributed by atoms with Crippen LogP contribution in [0, 0.1) is 20.8 Å². The van der Waals surface area contributed by atoms with Gasteiger partial charge in [-0.2, -0.15) is 0 Å². The van der Waals surface area contributed by atoms with E-state index in [0.717, 1.165) is 0 Å². The molecule has 9 heteroatoms. The van der Waals surface area contributed by atoms with Crippen LogP contribution in [-0.2, 0) is 0 Å². The predicted octanol–water partition coefficient (Wildman–Crippen LogP) is -0.817. The van der Waals surface area contributed by atoms with Crippen LogP contribution in [0.4, 0.5) is 0 Å². The van der Waals surface area contributed by atoms with Gasteiger partial charge in [0.15, 0.2) is 0 Å². The highest BCUT2D eigenvalue weighted by Crippen LogP contribution is 1.88. The normalized spacial score (nSPS) is 16.9. The predicted molar refractivity (Wildman–Crippen MR) is 24.9 cm³/mol. The zero-order valence-electron chi connectivity index (χ0n) is 4.45. The van der Waals surface area contributed by atoms with Gasteiger partial charge in [0.1, 0.15) is 0 Å². The average molecular weight is 150 g/mol. The van der Waals surface area contributed by atoms with Gasteiger partial charge in [-0.3, -0.25) is 5.11 Å². The number of nitrogens with zero attached hydrogens (tertiary/aromatic N) is 4. The van der Waals surface area contributed by atoms with Crippen molar-refractivity contribution in [2.75, 3.05) is 0 Å². The van der Waals surface area contributed by atoms with Crippen LogP contribution in [0.3, 0.4) is 0 Å².